The molecule has 1 heterocycles. The zero-order valence-corrected chi connectivity index (χ0v) is 15.5. The van der Waals surface area contributed by atoms with E-state index < -0.39 is 17.6 Å². The Bertz CT molecular complexity index is 947. The maximum absolute atomic E-state index is 12.5. The van der Waals surface area contributed by atoms with E-state index in [-0.39, 0.29) is 0 Å². The molecule has 0 spiro atoms. The van der Waals surface area contributed by atoms with Crippen LogP contribution in [0, 0.1) is 0 Å². The second kappa shape index (κ2) is 8.68. The third kappa shape index (κ3) is 5.55. The Morgan fingerprint density at radius 3 is 2.44 bits per heavy atom. The molecule has 0 unspecified atom stereocenters. The first-order valence-corrected chi connectivity index (χ1v) is 8.95. The normalized spacial score (nSPS) is 11.3. The Labute approximate surface area is 158 Å². The van der Waals surface area contributed by atoms with Crippen molar-refractivity contribution in [2.75, 3.05) is 11.1 Å². The molecule has 2 aromatic carbocycles. The van der Waals surface area contributed by atoms with Gasteiger partial charge in [-0.1, -0.05) is 37.3 Å². The average Bonchev–Trinajstić information content (AvgIpc) is 3.00. The molecule has 0 aliphatic rings. The molecule has 0 bridgehead atoms. The first kappa shape index (κ1) is 20.4. The van der Waals surface area contributed by atoms with Crippen LogP contribution in [0.5, 0.6) is 0 Å². The molecule has 3 aromatic rings. The molecule has 1 aromatic heterocycles. The monoisotopic (exact) mass is 393 g/mol. The van der Waals surface area contributed by atoms with Crippen LogP contribution in [-0.4, -0.2) is 10.9 Å². The number of halogens is 3. The van der Waals surface area contributed by atoms with Crippen LogP contribution in [0.4, 0.5) is 24.0 Å². The molecule has 142 valence electrons. The number of rotatable bonds is 3. The number of carbonyl (C=O) groups is 1. The highest BCUT2D eigenvalue weighted by atomic mass is 32.1. The van der Waals surface area contributed by atoms with Crippen molar-refractivity contribution in [2.24, 2.45) is 0 Å². The lowest BCUT2D eigenvalue weighted by molar-refractivity contribution is -0.137. The summed E-state index contributed by atoms with van der Waals surface area (Å²) in [5.74, 6) is -0.392. The Kier molecular flexibility index (Phi) is 6.57. The number of nitrogen functional groups attached to an aromatic ring is 1. The van der Waals surface area contributed by atoms with E-state index in [4.69, 9.17) is 5.73 Å². The van der Waals surface area contributed by atoms with E-state index in [2.05, 4.69) is 10.3 Å². The second-order valence-corrected chi connectivity index (χ2v) is 6.24. The molecule has 0 aliphatic heterocycles. The highest BCUT2D eigenvalue weighted by Crippen LogP contribution is 2.29. The number of nitrogens with one attached hydrogen (secondary N) is 1. The SMILES string of the molecule is CC.Nc1nc2ccc(NC(=O)/C=C/c3ccc(C(F)(F)F)cc3)cc2s1. The van der Waals surface area contributed by atoms with Crippen LogP contribution in [-0.2, 0) is 11.0 Å². The summed E-state index contributed by atoms with van der Waals surface area (Å²) in [5, 5.41) is 3.13. The summed E-state index contributed by atoms with van der Waals surface area (Å²) in [7, 11) is 0. The van der Waals surface area contributed by atoms with Crippen molar-refractivity contribution < 1.29 is 18.0 Å². The van der Waals surface area contributed by atoms with Gasteiger partial charge < -0.3 is 11.1 Å². The van der Waals surface area contributed by atoms with Crippen molar-refractivity contribution >= 4 is 44.4 Å². The van der Waals surface area contributed by atoms with Gasteiger partial charge in [0.15, 0.2) is 5.13 Å². The van der Waals surface area contributed by atoms with Gasteiger partial charge in [0.25, 0.3) is 0 Å². The lowest BCUT2D eigenvalue weighted by Gasteiger charge is -2.06. The van der Waals surface area contributed by atoms with Gasteiger partial charge in [-0.15, -0.1) is 0 Å². The minimum Gasteiger partial charge on any atom is -0.375 e. The molecule has 1 amide bonds. The predicted molar refractivity (Wildman–Crippen MR) is 104 cm³/mol. The topological polar surface area (TPSA) is 68.0 Å². The number of benzene rings is 2. The summed E-state index contributed by atoms with van der Waals surface area (Å²) in [5.41, 5.74) is 6.73. The number of fused-ring (bicyclic) bond motifs is 1. The van der Waals surface area contributed by atoms with Gasteiger partial charge in [0.2, 0.25) is 5.91 Å². The molecule has 0 fully saturated rings. The highest BCUT2D eigenvalue weighted by Gasteiger charge is 2.29. The van der Waals surface area contributed by atoms with Gasteiger partial charge in [-0.25, -0.2) is 4.98 Å². The molecule has 3 rings (SSSR count). The van der Waals surface area contributed by atoms with Gasteiger partial charge in [0, 0.05) is 11.8 Å². The molecule has 0 saturated carbocycles. The molecular formula is C19H18F3N3OS. The van der Waals surface area contributed by atoms with E-state index in [1.807, 2.05) is 13.8 Å². The largest absolute Gasteiger partial charge is 0.416 e. The quantitative estimate of drug-likeness (QED) is 0.571. The molecular weight excluding hydrogens is 375 g/mol. The van der Waals surface area contributed by atoms with Crippen LogP contribution in [0.3, 0.4) is 0 Å². The van der Waals surface area contributed by atoms with Crippen molar-refractivity contribution in [3.63, 3.8) is 0 Å². The third-order valence-electron chi connectivity index (χ3n) is 3.34. The van der Waals surface area contributed by atoms with Crippen molar-refractivity contribution in [3.05, 3.63) is 59.7 Å². The van der Waals surface area contributed by atoms with Crippen molar-refractivity contribution in [3.8, 4) is 0 Å². The average molecular weight is 393 g/mol. The predicted octanol–water partition coefficient (Wildman–Crippen LogP) is 5.58. The standard InChI is InChI=1S/C17H12F3N3OS.C2H6/c18-17(19,20)11-4-1-10(2-5-11)3-8-15(24)22-12-6-7-13-14(9-12)25-16(21)23-13;1-2/h1-9H,(H2,21,23)(H,22,24);1-2H3/b8-3+;. The minimum atomic E-state index is -4.38. The molecule has 0 radical (unpaired) electrons. The van der Waals surface area contributed by atoms with Crippen molar-refractivity contribution in [1.29, 1.82) is 0 Å². The number of amides is 1. The number of alkyl halides is 3. The van der Waals surface area contributed by atoms with Crippen molar-refractivity contribution in [1.82, 2.24) is 4.98 Å². The second-order valence-electron chi connectivity index (χ2n) is 5.18. The summed E-state index contributed by atoms with van der Waals surface area (Å²) in [6, 6.07) is 9.76. The van der Waals surface area contributed by atoms with Gasteiger partial charge in [-0.2, -0.15) is 13.2 Å². The van der Waals surface area contributed by atoms with Crippen LogP contribution in [0.2, 0.25) is 0 Å². The zero-order valence-electron chi connectivity index (χ0n) is 14.7. The molecule has 0 aliphatic carbocycles. The van der Waals surface area contributed by atoms with Gasteiger partial charge in [-0.3, -0.25) is 4.79 Å². The smallest absolute Gasteiger partial charge is 0.375 e. The van der Waals surface area contributed by atoms with Gasteiger partial charge in [0.05, 0.1) is 15.8 Å². The number of aromatic nitrogens is 1. The number of nitrogens with two attached hydrogens (primary N) is 1. The van der Waals surface area contributed by atoms with Gasteiger partial charge in [0.1, 0.15) is 0 Å². The molecule has 27 heavy (non-hydrogen) atoms. The van der Waals surface area contributed by atoms with Crippen LogP contribution in [0.1, 0.15) is 25.0 Å². The fourth-order valence-electron chi connectivity index (χ4n) is 2.16. The number of carbonyl (C=O) groups excluding carboxylic acids is 1. The fraction of sp³-hybridized carbons (Fsp3) is 0.158. The summed E-state index contributed by atoms with van der Waals surface area (Å²) in [6.07, 6.45) is -1.68. The van der Waals surface area contributed by atoms with Crippen LogP contribution < -0.4 is 11.1 Å². The maximum atomic E-state index is 12.5. The fourth-order valence-corrected chi connectivity index (χ4v) is 2.93. The van der Waals surface area contributed by atoms with Crippen LogP contribution in [0.25, 0.3) is 16.3 Å². The molecule has 8 heteroatoms. The lowest BCUT2D eigenvalue weighted by atomic mass is 10.1. The van der Waals surface area contributed by atoms with Crippen LogP contribution in [0.15, 0.2) is 48.5 Å². The minimum absolute atomic E-state index is 0.392. The van der Waals surface area contributed by atoms with Gasteiger partial charge in [-0.05, 0) is 42.0 Å². The Morgan fingerprint density at radius 2 is 1.81 bits per heavy atom. The Hall–Kier alpha value is -2.87. The van der Waals surface area contributed by atoms with E-state index in [0.717, 1.165) is 22.3 Å². The molecule has 0 atom stereocenters. The number of anilines is 2. The van der Waals surface area contributed by atoms with Crippen molar-refractivity contribution in [2.45, 2.75) is 20.0 Å². The summed E-state index contributed by atoms with van der Waals surface area (Å²) in [4.78, 5) is 16.1. The third-order valence-corrected chi connectivity index (χ3v) is 4.19. The zero-order chi connectivity index (χ0) is 20.0. The van der Waals surface area contributed by atoms with E-state index in [1.54, 1.807) is 18.2 Å². The van der Waals surface area contributed by atoms with E-state index in [0.29, 0.717) is 16.4 Å². The van der Waals surface area contributed by atoms with Crippen LogP contribution >= 0.6 is 11.3 Å². The maximum Gasteiger partial charge on any atom is 0.416 e. The lowest BCUT2D eigenvalue weighted by Crippen LogP contribution is -2.07. The number of hydrogen-bond donors (Lipinski definition) is 2. The molecule has 3 N–H and O–H groups in total. The summed E-state index contributed by atoms with van der Waals surface area (Å²) >= 11 is 1.31. The van der Waals surface area contributed by atoms with E-state index in [9.17, 15) is 18.0 Å². The van der Waals surface area contributed by atoms with Gasteiger partial charge >= 0.3 is 6.18 Å². The van der Waals surface area contributed by atoms with E-state index >= 15 is 0 Å². The van der Waals surface area contributed by atoms with E-state index in [1.165, 1.54) is 35.6 Å². The number of hydrogen-bond acceptors (Lipinski definition) is 4. The summed E-state index contributed by atoms with van der Waals surface area (Å²) < 4.78 is 38.3. The molecule has 4 nitrogen and oxygen atoms in total. The summed E-state index contributed by atoms with van der Waals surface area (Å²) in [6.45, 7) is 4.00. The first-order valence-electron chi connectivity index (χ1n) is 8.14. The Morgan fingerprint density at radius 1 is 1.15 bits per heavy atom. The first-order chi connectivity index (χ1) is 12.8. The highest BCUT2D eigenvalue weighted by molar-refractivity contribution is 7.22. The molecule has 0 saturated heterocycles. The number of thiazole rings is 1. The number of nitrogens with zero attached hydrogens (tertiary/aromatic N) is 1. The Balaban J connectivity index is 0.00000126.